The van der Waals surface area contributed by atoms with Crippen LogP contribution in [0.1, 0.15) is 77.2 Å². The summed E-state index contributed by atoms with van der Waals surface area (Å²) in [5.41, 5.74) is 1.10. The molecular weight excluding hydrogens is 373 g/mol. The molecule has 0 heterocycles. The highest BCUT2D eigenvalue weighted by atomic mass is 19.2. The van der Waals surface area contributed by atoms with E-state index in [1.807, 2.05) is 13.0 Å². The van der Waals surface area contributed by atoms with Gasteiger partial charge >= 0.3 is 0 Å². The molecule has 0 aliphatic heterocycles. The maximum absolute atomic E-state index is 14.9. The maximum atomic E-state index is 14.9. The molecule has 4 heteroatoms. The van der Waals surface area contributed by atoms with Crippen molar-refractivity contribution in [2.75, 3.05) is 6.61 Å². The van der Waals surface area contributed by atoms with Gasteiger partial charge in [-0.05, 0) is 54.7 Å². The van der Waals surface area contributed by atoms with E-state index in [0.717, 1.165) is 37.7 Å². The van der Waals surface area contributed by atoms with Gasteiger partial charge in [0.2, 0.25) is 0 Å². The molecule has 0 saturated carbocycles. The first-order valence-corrected chi connectivity index (χ1v) is 11.0. The Balaban J connectivity index is 1.85. The number of rotatable bonds is 9. The number of benzene rings is 2. The van der Waals surface area contributed by atoms with Gasteiger partial charge in [0.1, 0.15) is 0 Å². The SMILES string of the molecule is CCCCCC1CC=C(c2cc3ccc(OCCCC)c(F)c3c(F)c2F)CC1. The van der Waals surface area contributed by atoms with Crippen LogP contribution in [-0.2, 0) is 0 Å². The van der Waals surface area contributed by atoms with E-state index in [9.17, 15) is 13.2 Å². The van der Waals surface area contributed by atoms with Crippen LogP contribution in [0.25, 0.3) is 16.3 Å². The molecule has 158 valence electrons. The number of fused-ring (bicyclic) bond motifs is 1. The summed E-state index contributed by atoms with van der Waals surface area (Å²) in [5.74, 6) is -2.31. The first-order chi connectivity index (χ1) is 14.1. The van der Waals surface area contributed by atoms with Crippen molar-refractivity contribution in [1.29, 1.82) is 0 Å². The molecule has 0 saturated heterocycles. The normalized spacial score (nSPS) is 16.9. The minimum atomic E-state index is -1.12. The van der Waals surface area contributed by atoms with E-state index in [-0.39, 0.29) is 16.7 Å². The van der Waals surface area contributed by atoms with Gasteiger partial charge in [0.25, 0.3) is 0 Å². The van der Waals surface area contributed by atoms with E-state index in [0.29, 0.717) is 17.9 Å². The zero-order valence-electron chi connectivity index (χ0n) is 17.5. The van der Waals surface area contributed by atoms with Gasteiger partial charge in [0.05, 0.1) is 12.0 Å². The van der Waals surface area contributed by atoms with Gasteiger partial charge in [0, 0.05) is 5.56 Å². The van der Waals surface area contributed by atoms with Crippen molar-refractivity contribution in [2.24, 2.45) is 5.92 Å². The van der Waals surface area contributed by atoms with E-state index in [4.69, 9.17) is 4.74 Å². The number of unbranched alkanes of at least 4 members (excludes halogenated alkanes) is 3. The largest absolute Gasteiger partial charge is 0.490 e. The molecule has 1 unspecified atom stereocenters. The average Bonchev–Trinajstić information content (AvgIpc) is 2.73. The number of halogens is 3. The number of allylic oxidation sites excluding steroid dienone is 2. The Hall–Kier alpha value is -1.97. The molecule has 1 nitrogen and oxygen atoms in total. The second kappa shape index (κ2) is 10.2. The van der Waals surface area contributed by atoms with Crippen LogP contribution in [0, 0.1) is 23.4 Å². The summed E-state index contributed by atoms with van der Waals surface area (Å²) in [7, 11) is 0. The molecule has 0 aromatic heterocycles. The lowest BCUT2D eigenvalue weighted by Gasteiger charge is -2.23. The second-order valence-corrected chi connectivity index (χ2v) is 8.10. The minimum Gasteiger partial charge on any atom is -0.490 e. The lowest BCUT2D eigenvalue weighted by Crippen LogP contribution is -2.07. The summed E-state index contributed by atoms with van der Waals surface area (Å²) in [4.78, 5) is 0. The van der Waals surface area contributed by atoms with Gasteiger partial charge in [-0.15, -0.1) is 0 Å². The summed E-state index contributed by atoms with van der Waals surface area (Å²) in [6, 6.07) is 4.70. The Morgan fingerprint density at radius 2 is 1.76 bits per heavy atom. The van der Waals surface area contributed by atoms with Gasteiger partial charge in [-0.1, -0.05) is 58.1 Å². The molecule has 1 atom stereocenters. The second-order valence-electron chi connectivity index (χ2n) is 8.10. The van der Waals surface area contributed by atoms with E-state index in [1.54, 1.807) is 12.1 Å². The zero-order valence-corrected chi connectivity index (χ0v) is 17.5. The summed E-state index contributed by atoms with van der Waals surface area (Å²) in [6.45, 7) is 4.55. The lowest BCUT2D eigenvalue weighted by molar-refractivity contribution is 0.295. The summed E-state index contributed by atoms with van der Waals surface area (Å²) in [6.07, 6.45) is 11.2. The predicted octanol–water partition coefficient (Wildman–Crippen LogP) is 8.20. The fraction of sp³-hybridized carbons (Fsp3) is 0.520. The highest BCUT2D eigenvalue weighted by Crippen LogP contribution is 2.38. The third-order valence-corrected chi connectivity index (χ3v) is 5.92. The van der Waals surface area contributed by atoms with Crippen molar-refractivity contribution < 1.29 is 17.9 Å². The Kier molecular flexibility index (Phi) is 7.63. The van der Waals surface area contributed by atoms with Crippen LogP contribution in [0.15, 0.2) is 24.3 Å². The molecule has 0 radical (unpaired) electrons. The standard InChI is InChI=1S/C25H31F3O/c1-3-5-7-8-17-9-11-18(12-10-17)20-16-19-13-14-21(29-15-6-4-2)24(27)22(19)25(28)23(20)26/h11,13-14,16-17H,3-10,12,15H2,1-2H3. The lowest BCUT2D eigenvalue weighted by atomic mass is 9.83. The van der Waals surface area contributed by atoms with Crippen molar-refractivity contribution in [3.63, 3.8) is 0 Å². The molecule has 2 aromatic carbocycles. The van der Waals surface area contributed by atoms with Gasteiger partial charge in [-0.2, -0.15) is 0 Å². The van der Waals surface area contributed by atoms with Crippen LogP contribution in [-0.4, -0.2) is 6.61 Å². The van der Waals surface area contributed by atoms with Crippen molar-refractivity contribution in [1.82, 2.24) is 0 Å². The molecule has 2 aromatic rings. The van der Waals surface area contributed by atoms with E-state index in [1.165, 1.54) is 31.7 Å². The number of hydrogen-bond acceptors (Lipinski definition) is 1. The summed E-state index contributed by atoms with van der Waals surface area (Å²) >= 11 is 0. The Labute approximate surface area is 172 Å². The Morgan fingerprint density at radius 3 is 2.45 bits per heavy atom. The first kappa shape index (κ1) is 21.7. The molecule has 29 heavy (non-hydrogen) atoms. The van der Waals surface area contributed by atoms with E-state index >= 15 is 0 Å². The molecule has 1 aliphatic carbocycles. The smallest absolute Gasteiger partial charge is 0.175 e. The first-order valence-electron chi connectivity index (χ1n) is 11.0. The van der Waals surface area contributed by atoms with E-state index in [2.05, 4.69) is 6.92 Å². The molecule has 1 aliphatic rings. The van der Waals surface area contributed by atoms with Crippen LogP contribution in [0.4, 0.5) is 13.2 Å². The molecule has 3 rings (SSSR count). The highest BCUT2D eigenvalue weighted by Gasteiger charge is 2.23. The Morgan fingerprint density at radius 1 is 0.966 bits per heavy atom. The minimum absolute atomic E-state index is 0.0243. The average molecular weight is 405 g/mol. The third kappa shape index (κ3) is 4.96. The van der Waals surface area contributed by atoms with Crippen LogP contribution < -0.4 is 4.74 Å². The molecule has 0 spiro atoms. The van der Waals surface area contributed by atoms with Crippen LogP contribution >= 0.6 is 0 Å². The van der Waals surface area contributed by atoms with Gasteiger partial charge < -0.3 is 4.74 Å². The topological polar surface area (TPSA) is 9.23 Å². The number of hydrogen-bond donors (Lipinski definition) is 0. The molecule has 0 bridgehead atoms. The number of ether oxygens (including phenoxy) is 1. The van der Waals surface area contributed by atoms with E-state index < -0.39 is 17.5 Å². The fourth-order valence-corrected chi connectivity index (χ4v) is 4.11. The van der Waals surface area contributed by atoms with Crippen molar-refractivity contribution in [2.45, 2.75) is 71.6 Å². The van der Waals surface area contributed by atoms with Gasteiger partial charge in [0.15, 0.2) is 23.2 Å². The molecule has 0 N–H and O–H groups in total. The van der Waals surface area contributed by atoms with Gasteiger partial charge in [-0.3, -0.25) is 0 Å². The summed E-state index contributed by atoms with van der Waals surface area (Å²) < 4.78 is 49.9. The van der Waals surface area contributed by atoms with Gasteiger partial charge in [-0.25, -0.2) is 13.2 Å². The quantitative estimate of drug-likeness (QED) is 0.383. The van der Waals surface area contributed by atoms with Crippen molar-refractivity contribution in [3.8, 4) is 5.75 Å². The zero-order chi connectivity index (χ0) is 20.8. The van der Waals surface area contributed by atoms with Crippen LogP contribution in [0.3, 0.4) is 0 Å². The molecule has 0 amide bonds. The highest BCUT2D eigenvalue weighted by molar-refractivity contribution is 5.89. The summed E-state index contributed by atoms with van der Waals surface area (Å²) in [5, 5.41) is 0.0410. The molecule has 0 fully saturated rings. The van der Waals surface area contributed by atoms with Crippen molar-refractivity contribution in [3.05, 3.63) is 47.3 Å². The van der Waals surface area contributed by atoms with Crippen LogP contribution in [0.2, 0.25) is 0 Å². The third-order valence-electron chi connectivity index (χ3n) is 5.92. The predicted molar refractivity (Wildman–Crippen MR) is 114 cm³/mol. The van der Waals surface area contributed by atoms with Crippen LogP contribution in [0.5, 0.6) is 5.75 Å². The monoisotopic (exact) mass is 404 g/mol. The Bertz CT molecular complexity index is 872. The molecular formula is C25H31F3O. The van der Waals surface area contributed by atoms with Crippen molar-refractivity contribution >= 4 is 16.3 Å². The fourth-order valence-electron chi connectivity index (χ4n) is 4.11. The maximum Gasteiger partial charge on any atom is 0.175 e.